The summed E-state index contributed by atoms with van der Waals surface area (Å²) in [5.41, 5.74) is 2.77. The smallest absolute Gasteiger partial charge is 0.253 e. The minimum atomic E-state index is -0.406. The number of aryl methyl sites for hydroxylation is 2. The molecule has 0 saturated carbocycles. The van der Waals surface area contributed by atoms with Gasteiger partial charge in [-0.15, -0.1) is 0 Å². The molecule has 2 aromatic rings. The molecule has 0 bridgehead atoms. The fourth-order valence-electron chi connectivity index (χ4n) is 2.99. The number of hydrogen-bond acceptors (Lipinski definition) is 5. The van der Waals surface area contributed by atoms with Crippen molar-refractivity contribution in [3.05, 3.63) is 46.8 Å². The summed E-state index contributed by atoms with van der Waals surface area (Å²) in [5.74, 6) is 0.397. The second-order valence-electron chi connectivity index (χ2n) is 6.54. The third kappa shape index (κ3) is 3.94. The number of nitrogens with zero attached hydrogens (tertiary/aromatic N) is 2. The molecule has 7 heteroatoms. The number of anilines is 1. The molecule has 1 aromatic carbocycles. The van der Waals surface area contributed by atoms with E-state index in [0.29, 0.717) is 30.2 Å². The largest absolute Gasteiger partial charge is 0.368 e. The summed E-state index contributed by atoms with van der Waals surface area (Å²) in [5, 5.41) is 6.74. The highest BCUT2D eigenvalue weighted by atomic mass is 16.5. The maximum absolute atomic E-state index is 12.7. The standard InChI is InChI=1S/C19H23N3O4/c1-12-16(13(2)26-21-12)11-22(3)19(24)14-6-4-7-15(10-14)20-18(23)17-8-5-9-25-17/h4,6-7,10,17H,5,8-9,11H2,1-3H3,(H,20,23)/t17-/m1/s1. The Morgan fingerprint density at radius 3 is 2.81 bits per heavy atom. The van der Waals surface area contributed by atoms with Gasteiger partial charge < -0.3 is 19.5 Å². The minimum absolute atomic E-state index is 0.141. The van der Waals surface area contributed by atoms with Crippen LogP contribution in [0.5, 0.6) is 0 Å². The van der Waals surface area contributed by atoms with E-state index in [-0.39, 0.29) is 11.8 Å². The summed E-state index contributed by atoms with van der Waals surface area (Å²) in [7, 11) is 1.73. The van der Waals surface area contributed by atoms with Crippen LogP contribution in [0.25, 0.3) is 0 Å². The molecule has 1 aromatic heterocycles. The molecule has 0 aliphatic carbocycles. The Morgan fingerprint density at radius 2 is 2.15 bits per heavy atom. The zero-order valence-corrected chi connectivity index (χ0v) is 15.2. The predicted molar refractivity (Wildman–Crippen MR) is 95.8 cm³/mol. The average Bonchev–Trinajstić information content (AvgIpc) is 3.27. The van der Waals surface area contributed by atoms with Gasteiger partial charge in [0.2, 0.25) is 0 Å². The Morgan fingerprint density at radius 1 is 1.35 bits per heavy atom. The van der Waals surface area contributed by atoms with E-state index in [1.54, 1.807) is 36.2 Å². The second kappa shape index (κ2) is 7.70. The van der Waals surface area contributed by atoms with Gasteiger partial charge in [-0.05, 0) is 44.9 Å². The molecule has 2 amide bonds. The number of hydrogen-bond donors (Lipinski definition) is 1. The summed E-state index contributed by atoms with van der Waals surface area (Å²) in [6.45, 7) is 4.70. The number of benzene rings is 1. The molecule has 0 unspecified atom stereocenters. The van der Waals surface area contributed by atoms with Crippen LogP contribution in [0.3, 0.4) is 0 Å². The average molecular weight is 357 g/mol. The highest BCUT2D eigenvalue weighted by Crippen LogP contribution is 2.19. The molecule has 1 N–H and O–H groups in total. The first kappa shape index (κ1) is 18.1. The lowest BCUT2D eigenvalue weighted by molar-refractivity contribution is -0.124. The van der Waals surface area contributed by atoms with Gasteiger partial charge in [0, 0.05) is 30.5 Å². The SMILES string of the molecule is Cc1noc(C)c1CN(C)C(=O)c1cccc(NC(=O)[C@H]2CCCO2)c1. The van der Waals surface area contributed by atoms with Gasteiger partial charge >= 0.3 is 0 Å². The Balaban J connectivity index is 1.68. The van der Waals surface area contributed by atoms with Gasteiger partial charge in [-0.1, -0.05) is 11.2 Å². The molecular formula is C19H23N3O4. The first-order chi connectivity index (χ1) is 12.5. The molecule has 1 aliphatic heterocycles. The molecule has 0 spiro atoms. The Labute approximate surface area is 152 Å². The van der Waals surface area contributed by atoms with Crippen molar-refractivity contribution in [2.45, 2.75) is 39.3 Å². The number of rotatable bonds is 5. The van der Waals surface area contributed by atoms with Gasteiger partial charge in [0.05, 0.1) is 12.2 Å². The van der Waals surface area contributed by atoms with Gasteiger partial charge in [0.15, 0.2) is 0 Å². The molecule has 1 aliphatic rings. The van der Waals surface area contributed by atoms with E-state index in [2.05, 4.69) is 10.5 Å². The number of aromatic nitrogens is 1. The van der Waals surface area contributed by atoms with Crippen molar-refractivity contribution < 1.29 is 18.8 Å². The van der Waals surface area contributed by atoms with Crippen LogP contribution in [0.4, 0.5) is 5.69 Å². The third-order valence-corrected chi connectivity index (χ3v) is 4.52. The Bertz CT molecular complexity index is 789. The molecule has 138 valence electrons. The maximum atomic E-state index is 12.7. The molecule has 7 nitrogen and oxygen atoms in total. The maximum Gasteiger partial charge on any atom is 0.253 e. The topological polar surface area (TPSA) is 84.7 Å². The molecule has 1 saturated heterocycles. The second-order valence-corrected chi connectivity index (χ2v) is 6.54. The van der Waals surface area contributed by atoms with Crippen LogP contribution in [0.1, 0.15) is 40.2 Å². The van der Waals surface area contributed by atoms with E-state index in [1.807, 2.05) is 13.8 Å². The van der Waals surface area contributed by atoms with Crippen molar-refractivity contribution in [1.29, 1.82) is 0 Å². The summed E-state index contributed by atoms with van der Waals surface area (Å²) in [6, 6.07) is 6.92. The first-order valence-corrected chi connectivity index (χ1v) is 8.65. The lowest BCUT2D eigenvalue weighted by atomic mass is 10.1. The molecule has 1 atom stereocenters. The zero-order chi connectivity index (χ0) is 18.7. The number of carbonyl (C=O) groups excluding carboxylic acids is 2. The molecule has 2 heterocycles. The fraction of sp³-hybridized carbons (Fsp3) is 0.421. The fourth-order valence-corrected chi connectivity index (χ4v) is 2.99. The van der Waals surface area contributed by atoms with E-state index < -0.39 is 6.10 Å². The van der Waals surface area contributed by atoms with Gasteiger partial charge in [0.1, 0.15) is 11.9 Å². The van der Waals surface area contributed by atoms with Crippen molar-refractivity contribution in [2.24, 2.45) is 0 Å². The molecule has 26 heavy (non-hydrogen) atoms. The quantitative estimate of drug-likeness (QED) is 0.889. The molecule has 0 radical (unpaired) electrons. The Hall–Kier alpha value is -2.67. The molecule has 3 rings (SSSR count). The molecular weight excluding hydrogens is 334 g/mol. The summed E-state index contributed by atoms with van der Waals surface area (Å²) in [4.78, 5) is 26.5. The number of ether oxygens (including phenoxy) is 1. The monoisotopic (exact) mass is 357 g/mol. The van der Waals surface area contributed by atoms with Crippen molar-refractivity contribution >= 4 is 17.5 Å². The van der Waals surface area contributed by atoms with E-state index in [4.69, 9.17) is 9.26 Å². The van der Waals surface area contributed by atoms with Crippen LogP contribution in [0.2, 0.25) is 0 Å². The number of carbonyl (C=O) groups is 2. The van der Waals surface area contributed by atoms with E-state index in [9.17, 15) is 9.59 Å². The van der Waals surface area contributed by atoms with Gasteiger partial charge in [-0.2, -0.15) is 0 Å². The van der Waals surface area contributed by atoms with Gasteiger partial charge in [-0.3, -0.25) is 9.59 Å². The van der Waals surface area contributed by atoms with E-state index >= 15 is 0 Å². The van der Waals surface area contributed by atoms with Crippen LogP contribution in [0.15, 0.2) is 28.8 Å². The lowest BCUT2D eigenvalue weighted by Gasteiger charge is -2.18. The lowest BCUT2D eigenvalue weighted by Crippen LogP contribution is -2.28. The Kier molecular flexibility index (Phi) is 5.37. The summed E-state index contributed by atoms with van der Waals surface area (Å²) in [6.07, 6.45) is 1.21. The van der Waals surface area contributed by atoms with Crippen LogP contribution in [-0.2, 0) is 16.1 Å². The summed E-state index contributed by atoms with van der Waals surface area (Å²) >= 11 is 0. The zero-order valence-electron chi connectivity index (χ0n) is 15.2. The number of nitrogens with one attached hydrogen (secondary N) is 1. The van der Waals surface area contributed by atoms with Crippen LogP contribution >= 0.6 is 0 Å². The normalized spacial score (nSPS) is 16.5. The van der Waals surface area contributed by atoms with Crippen molar-refractivity contribution in [3.63, 3.8) is 0 Å². The minimum Gasteiger partial charge on any atom is -0.368 e. The number of amides is 2. The third-order valence-electron chi connectivity index (χ3n) is 4.52. The van der Waals surface area contributed by atoms with Crippen molar-refractivity contribution in [3.8, 4) is 0 Å². The van der Waals surface area contributed by atoms with E-state index in [1.165, 1.54) is 0 Å². The van der Waals surface area contributed by atoms with Crippen molar-refractivity contribution in [2.75, 3.05) is 19.0 Å². The molecule has 1 fully saturated rings. The summed E-state index contributed by atoms with van der Waals surface area (Å²) < 4.78 is 10.5. The highest BCUT2D eigenvalue weighted by molar-refractivity contribution is 5.98. The van der Waals surface area contributed by atoms with E-state index in [0.717, 1.165) is 24.1 Å². The predicted octanol–water partition coefficient (Wildman–Crippen LogP) is 2.68. The van der Waals surface area contributed by atoms with Crippen LogP contribution < -0.4 is 5.32 Å². The van der Waals surface area contributed by atoms with Crippen LogP contribution in [0, 0.1) is 13.8 Å². The van der Waals surface area contributed by atoms with Gasteiger partial charge in [0.25, 0.3) is 11.8 Å². The first-order valence-electron chi connectivity index (χ1n) is 8.65. The van der Waals surface area contributed by atoms with Crippen LogP contribution in [-0.4, -0.2) is 41.6 Å². The van der Waals surface area contributed by atoms with Crippen molar-refractivity contribution in [1.82, 2.24) is 10.1 Å². The van der Waals surface area contributed by atoms with Gasteiger partial charge in [-0.25, -0.2) is 0 Å². The highest BCUT2D eigenvalue weighted by Gasteiger charge is 2.24.